The van der Waals surface area contributed by atoms with Crippen LogP contribution in [-0.4, -0.2) is 33.0 Å². The Morgan fingerprint density at radius 1 is 1.37 bits per heavy atom. The molecule has 1 heterocycles. The number of hydrogen-bond acceptors (Lipinski definition) is 5. The van der Waals surface area contributed by atoms with Gasteiger partial charge in [0.2, 0.25) is 5.09 Å². The van der Waals surface area contributed by atoms with Crippen LogP contribution in [0, 0.1) is 0 Å². The molecule has 19 heavy (non-hydrogen) atoms. The van der Waals surface area contributed by atoms with Crippen LogP contribution in [0.3, 0.4) is 0 Å². The van der Waals surface area contributed by atoms with E-state index in [2.05, 4.69) is 10.0 Å². The summed E-state index contributed by atoms with van der Waals surface area (Å²) < 4.78 is 32.3. The fraction of sp³-hybridized carbons (Fsp3) is 0.667. The SMILES string of the molecule is CCNCc1ccc(S(=O)(=O)NC(CC)CSC)o1. The van der Waals surface area contributed by atoms with Gasteiger partial charge in [-0.2, -0.15) is 11.8 Å². The van der Waals surface area contributed by atoms with Crippen molar-refractivity contribution < 1.29 is 12.8 Å². The molecule has 0 aliphatic rings. The van der Waals surface area contributed by atoms with Gasteiger partial charge in [0.25, 0.3) is 10.0 Å². The van der Waals surface area contributed by atoms with Crippen LogP contribution >= 0.6 is 11.8 Å². The lowest BCUT2D eigenvalue weighted by Crippen LogP contribution is -2.35. The van der Waals surface area contributed by atoms with Gasteiger partial charge in [-0.15, -0.1) is 0 Å². The molecule has 1 aromatic rings. The molecule has 0 amide bonds. The van der Waals surface area contributed by atoms with Crippen molar-refractivity contribution in [2.75, 3.05) is 18.6 Å². The molecule has 5 nitrogen and oxygen atoms in total. The molecule has 1 atom stereocenters. The first-order valence-electron chi connectivity index (χ1n) is 6.34. The minimum Gasteiger partial charge on any atom is -0.447 e. The maximum atomic E-state index is 12.1. The molecule has 0 radical (unpaired) electrons. The summed E-state index contributed by atoms with van der Waals surface area (Å²) in [5.41, 5.74) is 0. The van der Waals surface area contributed by atoms with Crippen molar-refractivity contribution in [1.82, 2.24) is 10.0 Å². The van der Waals surface area contributed by atoms with E-state index < -0.39 is 10.0 Å². The van der Waals surface area contributed by atoms with Crippen LogP contribution in [0.15, 0.2) is 21.6 Å². The predicted octanol–water partition coefficient (Wildman–Crippen LogP) is 1.81. The molecule has 0 spiro atoms. The van der Waals surface area contributed by atoms with Gasteiger partial charge in [-0.05, 0) is 31.4 Å². The molecule has 2 N–H and O–H groups in total. The lowest BCUT2D eigenvalue weighted by atomic mass is 10.3. The highest BCUT2D eigenvalue weighted by Gasteiger charge is 2.22. The van der Waals surface area contributed by atoms with Crippen LogP contribution in [0.2, 0.25) is 0 Å². The van der Waals surface area contributed by atoms with E-state index in [0.29, 0.717) is 12.3 Å². The molecule has 1 aromatic heterocycles. The first-order valence-corrected chi connectivity index (χ1v) is 9.21. The smallest absolute Gasteiger partial charge is 0.274 e. The Bertz CT molecular complexity index is 471. The van der Waals surface area contributed by atoms with Crippen LogP contribution in [0.25, 0.3) is 0 Å². The number of thioether (sulfide) groups is 1. The van der Waals surface area contributed by atoms with Gasteiger partial charge in [-0.3, -0.25) is 0 Å². The average Bonchev–Trinajstić information content (AvgIpc) is 2.85. The normalized spacial score (nSPS) is 13.6. The standard InChI is InChI=1S/C12H22N2O3S2/c1-4-10(9-18-3)14-19(15,16)12-7-6-11(17-12)8-13-5-2/h6-7,10,13-14H,4-5,8-9H2,1-3H3. The third-order valence-corrected chi connectivity index (χ3v) is 4.76. The topological polar surface area (TPSA) is 71.3 Å². The molecule has 0 saturated carbocycles. The van der Waals surface area contributed by atoms with E-state index in [1.54, 1.807) is 17.8 Å². The summed E-state index contributed by atoms with van der Waals surface area (Å²) in [6.07, 6.45) is 2.71. The van der Waals surface area contributed by atoms with Gasteiger partial charge in [0.15, 0.2) is 0 Å². The van der Waals surface area contributed by atoms with Crippen molar-refractivity contribution in [1.29, 1.82) is 0 Å². The maximum absolute atomic E-state index is 12.1. The van der Waals surface area contributed by atoms with E-state index in [-0.39, 0.29) is 11.1 Å². The van der Waals surface area contributed by atoms with Gasteiger partial charge in [0.1, 0.15) is 5.76 Å². The Morgan fingerprint density at radius 2 is 2.11 bits per heavy atom. The van der Waals surface area contributed by atoms with E-state index >= 15 is 0 Å². The lowest BCUT2D eigenvalue weighted by molar-refractivity contribution is 0.399. The zero-order valence-corrected chi connectivity index (χ0v) is 13.2. The first-order chi connectivity index (χ1) is 9.03. The number of sulfonamides is 1. The predicted molar refractivity (Wildman–Crippen MR) is 78.9 cm³/mol. The molecule has 0 aromatic carbocycles. The molecular formula is C12H22N2O3S2. The van der Waals surface area contributed by atoms with E-state index in [0.717, 1.165) is 18.7 Å². The second-order valence-corrected chi connectivity index (χ2v) is 6.74. The zero-order chi connectivity index (χ0) is 14.3. The third-order valence-electron chi connectivity index (χ3n) is 2.63. The summed E-state index contributed by atoms with van der Waals surface area (Å²) in [6.45, 7) is 5.29. The fourth-order valence-corrected chi connectivity index (χ4v) is 3.66. The highest BCUT2D eigenvalue weighted by atomic mass is 32.2. The number of furan rings is 1. The molecule has 1 unspecified atom stereocenters. The molecule has 7 heteroatoms. The lowest BCUT2D eigenvalue weighted by Gasteiger charge is -2.14. The van der Waals surface area contributed by atoms with Gasteiger partial charge < -0.3 is 9.73 Å². The van der Waals surface area contributed by atoms with Gasteiger partial charge in [0, 0.05) is 11.8 Å². The van der Waals surface area contributed by atoms with Crippen LogP contribution in [0.5, 0.6) is 0 Å². The second kappa shape index (κ2) is 7.94. The summed E-state index contributed by atoms with van der Waals surface area (Å²) in [4.78, 5) is 0. The van der Waals surface area contributed by atoms with Gasteiger partial charge >= 0.3 is 0 Å². The highest BCUT2D eigenvalue weighted by Crippen LogP contribution is 2.15. The largest absolute Gasteiger partial charge is 0.447 e. The Labute approximate surface area is 119 Å². The van der Waals surface area contributed by atoms with Gasteiger partial charge in [-0.1, -0.05) is 13.8 Å². The second-order valence-electron chi connectivity index (χ2n) is 4.18. The quantitative estimate of drug-likeness (QED) is 0.728. The third kappa shape index (κ3) is 5.18. The summed E-state index contributed by atoms with van der Waals surface area (Å²) in [6, 6.07) is 3.12. The molecule has 0 saturated heterocycles. The Balaban J connectivity index is 2.73. The monoisotopic (exact) mass is 306 g/mol. The molecular weight excluding hydrogens is 284 g/mol. The maximum Gasteiger partial charge on any atom is 0.274 e. The molecule has 0 bridgehead atoms. The number of rotatable bonds is 9. The molecule has 0 aliphatic carbocycles. The Morgan fingerprint density at radius 3 is 2.68 bits per heavy atom. The van der Waals surface area contributed by atoms with E-state index in [9.17, 15) is 8.42 Å². The van der Waals surface area contributed by atoms with Gasteiger partial charge in [0.05, 0.1) is 6.54 Å². The van der Waals surface area contributed by atoms with Crippen molar-refractivity contribution >= 4 is 21.8 Å². The zero-order valence-electron chi connectivity index (χ0n) is 11.6. The summed E-state index contributed by atoms with van der Waals surface area (Å²) in [5, 5.41) is 3.08. The van der Waals surface area contributed by atoms with Crippen LogP contribution in [-0.2, 0) is 16.6 Å². The number of hydrogen-bond donors (Lipinski definition) is 2. The average molecular weight is 306 g/mol. The summed E-state index contributed by atoms with van der Waals surface area (Å²) in [5.74, 6) is 1.38. The molecule has 0 aliphatic heterocycles. The van der Waals surface area contributed by atoms with E-state index in [1.165, 1.54) is 6.07 Å². The summed E-state index contributed by atoms with van der Waals surface area (Å²) >= 11 is 1.62. The fourth-order valence-electron chi connectivity index (χ4n) is 1.56. The van der Waals surface area contributed by atoms with E-state index in [1.807, 2.05) is 20.1 Å². The molecule has 0 fully saturated rings. The van der Waals surface area contributed by atoms with E-state index in [4.69, 9.17) is 4.42 Å². The van der Waals surface area contributed by atoms with Crippen LogP contribution in [0.4, 0.5) is 0 Å². The van der Waals surface area contributed by atoms with Crippen molar-refractivity contribution in [3.05, 3.63) is 17.9 Å². The Hall–Kier alpha value is -0.500. The van der Waals surface area contributed by atoms with Crippen molar-refractivity contribution in [2.24, 2.45) is 0 Å². The van der Waals surface area contributed by atoms with Crippen LogP contribution < -0.4 is 10.0 Å². The first kappa shape index (κ1) is 16.6. The van der Waals surface area contributed by atoms with Crippen LogP contribution in [0.1, 0.15) is 26.0 Å². The molecule has 1 rings (SSSR count). The van der Waals surface area contributed by atoms with Crippen molar-refractivity contribution in [2.45, 2.75) is 37.9 Å². The van der Waals surface area contributed by atoms with Gasteiger partial charge in [-0.25, -0.2) is 13.1 Å². The molecule has 110 valence electrons. The Kier molecular flexibility index (Phi) is 6.92. The van der Waals surface area contributed by atoms with Crippen molar-refractivity contribution in [3.63, 3.8) is 0 Å². The minimum absolute atomic E-state index is 0.0139. The highest BCUT2D eigenvalue weighted by molar-refractivity contribution is 7.98. The van der Waals surface area contributed by atoms with Crippen molar-refractivity contribution in [3.8, 4) is 0 Å². The minimum atomic E-state index is -3.56. The summed E-state index contributed by atoms with van der Waals surface area (Å²) in [7, 11) is -3.56. The number of nitrogens with one attached hydrogen (secondary N) is 2.